The van der Waals surface area contributed by atoms with Gasteiger partial charge in [0, 0.05) is 63.2 Å². The summed E-state index contributed by atoms with van der Waals surface area (Å²) in [5, 5.41) is 102. The third kappa shape index (κ3) is 24.6. The third-order valence-corrected chi connectivity index (χ3v) is 21.1. The SMILES string of the molecule is [C-]#[N+]Oc1c(Cl)c(Cl)c(OC#N)c(C(=C(Cl)Cl)c2c(Cl)c(OC#N)c(Cl)c(Cl)c2O[N+]#[C-])c1Cl.[C-]#[N+]Oc1c(Cl)cc(Cl)c(OC#N)c1C(=C(Cl)Cl)c1c(OC#N)c(Cl)cc(Cl)c1OC#N.[C-]#[N+]Oc1cc(Cl)c(C(=C(Cl)Cl)c2c(Cl)c(OC#N)cc(Cl)c2O[N+]#[C-])c(OC#N)c1Cl.[C-]#[N+]Oc1cc(OC#N)c(Cl)cc1C(=C(Cl)Cl)c1cc(Cl)c(OC#N)cc1OC#N. The van der Waals surface area contributed by atoms with Gasteiger partial charge < -0.3 is 47.4 Å². The van der Waals surface area contributed by atoms with Gasteiger partial charge in [0.25, 0.3) is 68.3 Å². The number of hydrogen-bond acceptors (Lipinski definition) is 26. The summed E-state index contributed by atoms with van der Waals surface area (Å²) >= 11 is 148. The Bertz CT molecular complexity index is 6440. The smallest absolute Gasteiger partial charge is 0.292 e. The molecule has 0 aliphatic heterocycles. The van der Waals surface area contributed by atoms with Gasteiger partial charge in [-0.15, -0.1) is 52.6 Å². The summed E-state index contributed by atoms with van der Waals surface area (Å²) in [5.41, 5.74) is -2.68. The zero-order chi connectivity index (χ0) is 96.0. The van der Waals surface area contributed by atoms with Gasteiger partial charge in [-0.2, -0.15) is 68.5 Å². The van der Waals surface area contributed by atoms with E-state index in [0.29, 0.717) is 0 Å². The highest BCUT2D eigenvalue weighted by Crippen LogP contribution is 2.61. The van der Waals surface area contributed by atoms with Gasteiger partial charge in [0.05, 0.1) is 78.0 Å². The van der Waals surface area contributed by atoms with Crippen LogP contribution in [0.5, 0.6) is 92.0 Å². The molecule has 0 saturated carbocycles. The maximum Gasteiger partial charge on any atom is 0.292 e. The van der Waals surface area contributed by atoms with Gasteiger partial charge in [0.15, 0.2) is 57.5 Å². The number of nitriles is 10. The fraction of sp³-hybridized carbons (Fsp3) is 0. The molecule has 640 valence electrons. The van der Waals surface area contributed by atoms with E-state index in [1.165, 1.54) is 86.8 Å². The van der Waals surface area contributed by atoms with Gasteiger partial charge in [0.2, 0.25) is 28.7 Å². The maximum absolute atomic E-state index is 9.14. The predicted octanol–water partition coefficient (Wildman–Crippen LogP) is 29.9. The van der Waals surface area contributed by atoms with E-state index in [9.17, 15) is 0 Å². The highest BCUT2D eigenvalue weighted by molar-refractivity contribution is 6.62. The predicted molar refractivity (Wildman–Crippen MR) is 468 cm³/mol. The van der Waals surface area contributed by atoms with Gasteiger partial charge in [-0.1, -0.05) is 278 Å². The number of hydrogen-bond donors (Lipinski definition) is 0. The fourth-order valence-electron chi connectivity index (χ4n) is 9.81. The van der Waals surface area contributed by atoms with Crippen LogP contribution in [0.15, 0.2) is 66.5 Å². The van der Waals surface area contributed by atoms with Gasteiger partial charge in [-0.05, 0) is 54.3 Å². The molecule has 0 radical (unpaired) electrons. The van der Waals surface area contributed by atoms with Gasteiger partial charge in [-0.3, -0.25) is 0 Å². The van der Waals surface area contributed by atoms with Crippen molar-refractivity contribution in [3.63, 3.8) is 0 Å². The molecule has 0 amide bonds. The lowest BCUT2D eigenvalue weighted by atomic mass is 9.95. The molecule has 0 saturated heterocycles. The molecular formula is C72H8Cl24N16O16. The van der Waals surface area contributed by atoms with E-state index in [1.807, 2.05) is 0 Å². The van der Waals surface area contributed by atoms with Crippen molar-refractivity contribution < 1.29 is 76.4 Å². The summed E-state index contributed by atoms with van der Waals surface area (Å²) in [6.45, 7) is 41.9. The van der Waals surface area contributed by atoms with E-state index in [4.69, 9.17) is 447 Å². The number of benzene rings is 8. The average molecular weight is 2200 g/mol. The second kappa shape index (κ2) is 50.8. The third-order valence-electron chi connectivity index (χ3n) is 14.2. The lowest BCUT2D eigenvalue weighted by molar-refractivity contribution is 0.458. The second-order valence-corrected chi connectivity index (χ2v) is 30.7. The van der Waals surface area contributed by atoms with Crippen molar-refractivity contribution in [3.05, 3.63) is 261 Å². The molecule has 56 heteroatoms. The van der Waals surface area contributed by atoms with Crippen LogP contribution < -0.4 is 76.4 Å². The first kappa shape index (κ1) is 107. The average Bonchev–Trinajstić information content (AvgIpc) is 0.765. The van der Waals surface area contributed by atoms with Gasteiger partial charge in [0.1, 0.15) is 48.1 Å². The van der Waals surface area contributed by atoms with Crippen LogP contribution in [0.1, 0.15) is 44.5 Å². The van der Waals surface area contributed by atoms with Crippen LogP contribution in [0.2, 0.25) is 80.4 Å². The zero-order valence-electron chi connectivity index (χ0n) is 59.4. The molecule has 0 aliphatic carbocycles. The van der Waals surface area contributed by atoms with Crippen molar-refractivity contribution in [2.45, 2.75) is 0 Å². The molecule has 0 spiro atoms. The summed E-state index contributed by atoms with van der Waals surface area (Å²) in [5.74, 6) is -5.16. The Hall–Kier alpha value is -11.7. The summed E-state index contributed by atoms with van der Waals surface area (Å²) in [6.07, 6.45) is 14.2. The summed E-state index contributed by atoms with van der Waals surface area (Å²) in [6, 6.07) is 9.39. The van der Waals surface area contributed by atoms with E-state index < -0.39 is 101 Å². The van der Waals surface area contributed by atoms with E-state index in [1.54, 1.807) is 0 Å². The Morgan fingerprint density at radius 1 is 0.203 bits per heavy atom. The number of halogens is 24. The summed E-state index contributed by atoms with van der Waals surface area (Å²) < 4.78 is 46.5. The Labute approximate surface area is 836 Å². The minimum atomic E-state index is -0.616. The lowest BCUT2D eigenvalue weighted by Gasteiger charge is -2.19. The van der Waals surface area contributed by atoms with E-state index in [0.717, 1.165) is 24.3 Å². The second-order valence-electron chi connectivity index (χ2n) is 20.6. The van der Waals surface area contributed by atoms with Crippen molar-refractivity contribution in [1.82, 2.24) is 0 Å². The molecule has 8 rings (SSSR count). The van der Waals surface area contributed by atoms with Gasteiger partial charge in [-0.25, -0.2) is 0 Å². The first-order valence-corrected chi connectivity index (χ1v) is 39.2. The first-order chi connectivity index (χ1) is 60.9. The first-order valence-electron chi connectivity index (χ1n) is 30.1. The lowest BCUT2D eigenvalue weighted by Crippen LogP contribution is -2.03. The Balaban J connectivity index is 0.000000303. The topological polar surface area (TPSA) is 412 Å². The van der Waals surface area contributed by atoms with E-state index in [2.05, 4.69) is 30.0 Å². The van der Waals surface area contributed by atoms with E-state index >= 15 is 0 Å². The molecule has 0 aromatic heterocycles. The quantitative estimate of drug-likeness (QED) is 0.0235. The van der Waals surface area contributed by atoms with E-state index in [-0.39, 0.29) is 156 Å². The van der Waals surface area contributed by atoms with Crippen molar-refractivity contribution in [3.8, 4) is 155 Å². The van der Waals surface area contributed by atoms with Crippen molar-refractivity contribution >= 4 is 301 Å². The molecule has 0 unspecified atom stereocenters. The Morgan fingerprint density at radius 2 is 0.477 bits per heavy atom. The minimum Gasteiger partial charge on any atom is -0.387 e. The molecule has 128 heavy (non-hydrogen) atoms. The monoisotopic (exact) mass is 2190 g/mol. The molecule has 0 bridgehead atoms. The fourth-order valence-corrected chi connectivity index (χ4v) is 15.4. The van der Waals surface area contributed by atoms with Crippen LogP contribution in [0.3, 0.4) is 0 Å². The van der Waals surface area contributed by atoms with Crippen molar-refractivity contribution in [2.75, 3.05) is 0 Å². The van der Waals surface area contributed by atoms with Gasteiger partial charge >= 0.3 is 0 Å². The van der Waals surface area contributed by atoms with Crippen LogP contribution >= 0.6 is 278 Å². The maximum atomic E-state index is 9.14. The molecule has 8 aromatic rings. The molecule has 0 heterocycles. The van der Waals surface area contributed by atoms with Crippen molar-refractivity contribution in [1.29, 1.82) is 52.6 Å². The van der Waals surface area contributed by atoms with Crippen LogP contribution in [-0.2, 0) is 0 Å². The minimum absolute atomic E-state index is 0.0121. The summed E-state index contributed by atoms with van der Waals surface area (Å²) in [7, 11) is 0. The molecule has 0 N–H and O–H groups in total. The van der Waals surface area contributed by atoms with Crippen LogP contribution in [0.25, 0.3) is 52.3 Å². The van der Waals surface area contributed by atoms with Crippen molar-refractivity contribution in [2.24, 2.45) is 0 Å². The van der Waals surface area contributed by atoms with Crippen LogP contribution in [-0.4, -0.2) is 0 Å². The largest absolute Gasteiger partial charge is 0.387 e. The highest BCUT2D eigenvalue weighted by atomic mass is 35.5. The zero-order valence-corrected chi connectivity index (χ0v) is 77.5. The molecule has 32 nitrogen and oxygen atoms in total. The highest BCUT2D eigenvalue weighted by Gasteiger charge is 2.40. The number of rotatable bonds is 24. The standard InChI is InChI=1S/C18Cl8N4O4.2C18H2Cl6N4O4.C18H4Cl4N4O4/c1-29-33-15-7(8(19)16(32-4-28)12(23)11(15)22)5(18(25)26)6-9(20)17(34-30-2)13(24)10(21)14(6)31-3-27;1-27-31-10-3-7(19)11(17(15(10)22)30-6-26)12(18(23)24)13-14(21)9(29-5-25)4-8(20)16(13)32-28-2;1-28-32-17-10(22)3-9(21)16(31-6-27)13(17)11(18(23)24)12-14(29-4-25)7(19)2-8(20)15(12)30-5-26;1-26-30-14-5-16(29-8-25)12(20)3-10(14)17(18(21)22)9-2-11(19)15(28-7-24)4-13(9)27-6-23/h;3-4H;2-3H;2-5H. The number of ether oxygens (including phenoxy) is 10. The normalized spacial score (nSPS) is 9.44. The Kier molecular flexibility index (Phi) is 42.4. The molecule has 0 fully saturated rings. The van der Waals surface area contributed by atoms with Crippen LogP contribution in [0.4, 0.5) is 0 Å². The molecule has 0 aliphatic rings. The Morgan fingerprint density at radius 3 is 0.906 bits per heavy atom. The molecule has 0 atom stereocenters. The number of nitrogens with zero attached hydrogens (tertiary/aromatic N) is 16. The summed E-state index contributed by atoms with van der Waals surface area (Å²) in [4.78, 5) is 29.1. The molecular weight excluding hydrogens is 2200 g/mol. The van der Waals surface area contributed by atoms with Crippen LogP contribution in [0, 0.1) is 155 Å². The molecule has 8 aromatic carbocycles.